The van der Waals surface area contributed by atoms with E-state index >= 15 is 0 Å². The third kappa shape index (κ3) is 1.25. The molecule has 1 N–H and O–H groups in total. The van der Waals surface area contributed by atoms with Crippen LogP contribution in [0.15, 0.2) is 21.7 Å². The number of rotatable bonds is 1. The van der Waals surface area contributed by atoms with Crippen molar-refractivity contribution in [1.29, 1.82) is 0 Å². The number of fused-ring (bicyclic) bond motifs is 1. The Labute approximate surface area is 81.9 Å². The normalized spacial score (nSPS) is 20.5. The van der Waals surface area contributed by atoms with Gasteiger partial charge in [-0.2, -0.15) is 0 Å². The Balaban J connectivity index is 2.27. The zero-order chi connectivity index (χ0) is 9.42. The number of amides is 1. The second-order valence-corrected chi connectivity index (χ2v) is 4.11. The van der Waals surface area contributed by atoms with E-state index in [1.165, 1.54) is 5.03 Å². The fourth-order valence-electron chi connectivity index (χ4n) is 1.59. The number of carbonyl (C=O) groups is 1. The number of hydrogen-bond acceptors (Lipinski definition) is 3. The van der Waals surface area contributed by atoms with Gasteiger partial charge in [0.25, 0.3) is 5.91 Å². The van der Waals surface area contributed by atoms with Crippen LogP contribution in [0.1, 0.15) is 13.3 Å². The lowest BCUT2D eigenvalue weighted by molar-refractivity contribution is -0.116. The Morgan fingerprint density at radius 2 is 2.46 bits per heavy atom. The van der Waals surface area contributed by atoms with Crippen molar-refractivity contribution in [2.24, 2.45) is 0 Å². The van der Waals surface area contributed by atoms with Gasteiger partial charge in [-0.1, -0.05) is 17.8 Å². The molecule has 0 fully saturated rings. The molecule has 2 aliphatic heterocycles. The molecule has 2 aliphatic rings. The molecule has 70 valence electrons. The Morgan fingerprint density at radius 1 is 1.69 bits per heavy atom. The van der Waals surface area contributed by atoms with E-state index in [4.69, 9.17) is 0 Å². The van der Waals surface area contributed by atoms with Crippen LogP contribution in [0.3, 0.4) is 0 Å². The van der Waals surface area contributed by atoms with Gasteiger partial charge in [-0.05, 0) is 13.3 Å². The highest BCUT2D eigenvalue weighted by atomic mass is 32.2. The minimum atomic E-state index is 0.0257. The van der Waals surface area contributed by atoms with Gasteiger partial charge in [0.2, 0.25) is 0 Å². The molecule has 13 heavy (non-hydrogen) atoms. The molecule has 0 radical (unpaired) electrons. The van der Waals surface area contributed by atoms with Crippen molar-refractivity contribution < 1.29 is 4.79 Å². The van der Waals surface area contributed by atoms with Crippen molar-refractivity contribution in [3.05, 3.63) is 21.7 Å². The SMILES string of the molecule is CNC(=O)C1=C(C)N2CCC=C2S1. The van der Waals surface area contributed by atoms with Gasteiger partial charge >= 0.3 is 0 Å². The molecule has 2 heterocycles. The Kier molecular flexibility index (Phi) is 2.07. The molecule has 0 atom stereocenters. The highest BCUT2D eigenvalue weighted by Gasteiger charge is 2.30. The number of allylic oxidation sites excluding steroid dienone is 1. The molecule has 0 aromatic carbocycles. The Hall–Kier alpha value is -0.900. The average molecular weight is 196 g/mol. The summed E-state index contributed by atoms with van der Waals surface area (Å²) in [4.78, 5) is 14.5. The Morgan fingerprint density at radius 3 is 3.08 bits per heavy atom. The number of thioether (sulfide) groups is 1. The zero-order valence-corrected chi connectivity index (χ0v) is 8.57. The van der Waals surface area contributed by atoms with Crippen LogP contribution in [0.2, 0.25) is 0 Å². The molecule has 4 heteroatoms. The van der Waals surface area contributed by atoms with Crippen molar-refractivity contribution >= 4 is 17.7 Å². The number of likely N-dealkylation sites (N-methyl/N-ethyl adjacent to an activating group) is 1. The Bertz CT molecular complexity index is 320. The minimum absolute atomic E-state index is 0.0257. The second-order valence-electron chi connectivity index (χ2n) is 3.08. The maximum Gasteiger partial charge on any atom is 0.259 e. The van der Waals surface area contributed by atoms with Gasteiger partial charge in [0.15, 0.2) is 0 Å². The van der Waals surface area contributed by atoms with Crippen LogP contribution < -0.4 is 5.32 Å². The van der Waals surface area contributed by atoms with Crippen molar-refractivity contribution in [2.75, 3.05) is 13.6 Å². The van der Waals surface area contributed by atoms with Gasteiger partial charge < -0.3 is 10.2 Å². The predicted octanol–water partition coefficient (Wildman–Crippen LogP) is 1.26. The summed E-state index contributed by atoms with van der Waals surface area (Å²) in [5.74, 6) is 0.0257. The number of nitrogens with one attached hydrogen (secondary N) is 1. The fourth-order valence-corrected chi connectivity index (χ4v) is 2.79. The molecule has 0 saturated carbocycles. The number of nitrogens with zero attached hydrogens (tertiary/aromatic N) is 1. The molecule has 2 rings (SSSR count). The molecule has 0 unspecified atom stereocenters. The van der Waals surface area contributed by atoms with Gasteiger partial charge in [-0.3, -0.25) is 4.79 Å². The van der Waals surface area contributed by atoms with E-state index in [2.05, 4.69) is 16.3 Å². The van der Waals surface area contributed by atoms with E-state index in [0.29, 0.717) is 0 Å². The van der Waals surface area contributed by atoms with Gasteiger partial charge in [0, 0.05) is 19.3 Å². The van der Waals surface area contributed by atoms with Gasteiger partial charge in [-0.25, -0.2) is 0 Å². The van der Waals surface area contributed by atoms with Crippen LogP contribution in [-0.4, -0.2) is 24.4 Å². The first-order valence-electron chi connectivity index (χ1n) is 4.32. The summed E-state index contributed by atoms with van der Waals surface area (Å²) in [6, 6.07) is 0. The molecule has 0 aliphatic carbocycles. The summed E-state index contributed by atoms with van der Waals surface area (Å²) in [6.07, 6.45) is 3.28. The van der Waals surface area contributed by atoms with Gasteiger partial charge in [-0.15, -0.1) is 0 Å². The van der Waals surface area contributed by atoms with E-state index < -0.39 is 0 Å². The zero-order valence-electron chi connectivity index (χ0n) is 7.76. The molecular formula is C9H12N2OS. The van der Waals surface area contributed by atoms with Crippen LogP contribution in [0.5, 0.6) is 0 Å². The average Bonchev–Trinajstić information content (AvgIpc) is 2.68. The molecule has 0 aromatic rings. The quantitative estimate of drug-likeness (QED) is 0.685. The van der Waals surface area contributed by atoms with Crippen LogP contribution in [0.25, 0.3) is 0 Å². The largest absolute Gasteiger partial charge is 0.355 e. The van der Waals surface area contributed by atoms with Crippen LogP contribution >= 0.6 is 11.8 Å². The van der Waals surface area contributed by atoms with E-state index in [9.17, 15) is 4.79 Å². The number of carbonyl (C=O) groups excluding carboxylic acids is 1. The van der Waals surface area contributed by atoms with Crippen molar-refractivity contribution in [1.82, 2.24) is 10.2 Å². The van der Waals surface area contributed by atoms with Crippen LogP contribution in [0, 0.1) is 0 Å². The highest BCUT2D eigenvalue weighted by Crippen LogP contribution is 2.43. The first-order chi connectivity index (χ1) is 6.24. The van der Waals surface area contributed by atoms with E-state index in [0.717, 1.165) is 23.6 Å². The minimum Gasteiger partial charge on any atom is -0.355 e. The smallest absolute Gasteiger partial charge is 0.259 e. The standard InChI is InChI=1S/C9H12N2OS/c1-6-8(9(12)10-2)13-7-4-3-5-11(6)7/h4H,3,5H2,1-2H3,(H,10,12). The molecule has 0 aromatic heterocycles. The molecule has 0 bridgehead atoms. The summed E-state index contributed by atoms with van der Waals surface area (Å²) in [5.41, 5.74) is 1.09. The molecule has 1 amide bonds. The van der Waals surface area contributed by atoms with E-state index in [-0.39, 0.29) is 5.91 Å². The summed E-state index contributed by atoms with van der Waals surface area (Å²) in [6.45, 7) is 3.03. The lowest BCUT2D eigenvalue weighted by Gasteiger charge is -2.13. The van der Waals surface area contributed by atoms with Crippen LogP contribution in [0.4, 0.5) is 0 Å². The first-order valence-corrected chi connectivity index (χ1v) is 5.14. The van der Waals surface area contributed by atoms with Crippen molar-refractivity contribution in [3.63, 3.8) is 0 Å². The molecule has 0 saturated heterocycles. The van der Waals surface area contributed by atoms with Gasteiger partial charge in [0.05, 0.1) is 9.93 Å². The topological polar surface area (TPSA) is 32.3 Å². The maximum absolute atomic E-state index is 11.4. The first kappa shape index (κ1) is 8.69. The third-order valence-electron chi connectivity index (χ3n) is 2.31. The van der Waals surface area contributed by atoms with Crippen LogP contribution in [-0.2, 0) is 4.79 Å². The second kappa shape index (κ2) is 3.10. The van der Waals surface area contributed by atoms with E-state index in [1.807, 2.05) is 6.92 Å². The lowest BCUT2D eigenvalue weighted by atomic mass is 10.3. The van der Waals surface area contributed by atoms with E-state index in [1.54, 1.807) is 18.8 Å². The van der Waals surface area contributed by atoms with Gasteiger partial charge in [0.1, 0.15) is 0 Å². The lowest BCUT2D eigenvalue weighted by Crippen LogP contribution is -2.20. The summed E-state index contributed by atoms with van der Waals surface area (Å²) < 4.78 is 0. The monoisotopic (exact) mass is 196 g/mol. The third-order valence-corrected chi connectivity index (χ3v) is 3.59. The summed E-state index contributed by atoms with van der Waals surface area (Å²) in [7, 11) is 1.67. The predicted molar refractivity (Wildman–Crippen MR) is 53.8 cm³/mol. The summed E-state index contributed by atoms with van der Waals surface area (Å²) >= 11 is 1.58. The molecule has 3 nitrogen and oxygen atoms in total. The van der Waals surface area contributed by atoms with Crippen molar-refractivity contribution in [3.8, 4) is 0 Å². The maximum atomic E-state index is 11.4. The summed E-state index contributed by atoms with van der Waals surface area (Å²) in [5, 5.41) is 3.87. The van der Waals surface area contributed by atoms with Crippen molar-refractivity contribution in [2.45, 2.75) is 13.3 Å². The molecule has 0 spiro atoms. The number of hydrogen-bond donors (Lipinski definition) is 1. The highest BCUT2D eigenvalue weighted by molar-refractivity contribution is 8.07. The fraction of sp³-hybridized carbons (Fsp3) is 0.444. The molecular weight excluding hydrogens is 184 g/mol.